The summed E-state index contributed by atoms with van der Waals surface area (Å²) in [6, 6.07) is 4.06. The molecule has 0 radical (unpaired) electrons. The Balaban J connectivity index is 2.34. The Morgan fingerprint density at radius 3 is 3.07 bits per heavy atom. The first kappa shape index (κ1) is 10.7. The SMILES string of the molecule is CNCCc1c[se]c2nc(OC)ccc12. The van der Waals surface area contributed by atoms with Crippen molar-refractivity contribution in [3.8, 4) is 5.88 Å². The Morgan fingerprint density at radius 2 is 2.33 bits per heavy atom. The Bertz CT molecular complexity index is 453. The van der Waals surface area contributed by atoms with Gasteiger partial charge in [0.15, 0.2) is 0 Å². The molecule has 0 amide bonds. The standard InChI is InChI=1S/C11H14N2OSe/c1-12-6-5-8-7-15-11-9(8)3-4-10(13-11)14-2/h3-4,7,12H,5-6H2,1-2H3. The van der Waals surface area contributed by atoms with Crippen molar-refractivity contribution < 1.29 is 4.74 Å². The average Bonchev–Trinajstić information content (AvgIpc) is 2.68. The second kappa shape index (κ2) is 4.79. The number of likely N-dealkylation sites (N-methyl/N-ethyl adjacent to an activating group) is 1. The molecule has 0 saturated carbocycles. The fourth-order valence-corrected chi connectivity index (χ4v) is 3.54. The maximum absolute atomic E-state index is 5.12. The van der Waals surface area contributed by atoms with E-state index in [-0.39, 0.29) is 0 Å². The third-order valence-electron chi connectivity index (χ3n) is 2.35. The van der Waals surface area contributed by atoms with E-state index in [4.69, 9.17) is 4.74 Å². The number of hydrogen-bond acceptors (Lipinski definition) is 3. The molecule has 0 unspecified atom stereocenters. The third kappa shape index (κ3) is 2.23. The number of rotatable bonds is 4. The van der Waals surface area contributed by atoms with Crippen LogP contribution in [0.1, 0.15) is 5.56 Å². The van der Waals surface area contributed by atoms with Crippen molar-refractivity contribution in [2.75, 3.05) is 20.7 Å². The summed E-state index contributed by atoms with van der Waals surface area (Å²) in [7, 11) is 3.64. The Morgan fingerprint density at radius 1 is 1.47 bits per heavy atom. The van der Waals surface area contributed by atoms with Gasteiger partial charge in [0.2, 0.25) is 0 Å². The van der Waals surface area contributed by atoms with Crippen LogP contribution in [0.3, 0.4) is 0 Å². The van der Waals surface area contributed by atoms with Gasteiger partial charge in [-0.15, -0.1) is 0 Å². The van der Waals surface area contributed by atoms with E-state index in [1.54, 1.807) is 7.11 Å². The zero-order valence-corrected chi connectivity index (χ0v) is 10.6. The zero-order valence-electron chi connectivity index (χ0n) is 8.91. The predicted octanol–water partition coefficient (Wildman–Crippen LogP) is 1.06. The summed E-state index contributed by atoms with van der Waals surface area (Å²) in [5.41, 5.74) is 1.43. The fourth-order valence-electron chi connectivity index (χ4n) is 1.52. The molecule has 0 aliphatic rings. The minimum atomic E-state index is 0.382. The summed E-state index contributed by atoms with van der Waals surface area (Å²) in [6.45, 7) is 1.02. The molecule has 0 saturated heterocycles. The summed E-state index contributed by atoms with van der Waals surface area (Å²) < 4.78 is 6.32. The first-order valence-corrected chi connectivity index (χ1v) is 6.75. The van der Waals surface area contributed by atoms with E-state index >= 15 is 0 Å². The van der Waals surface area contributed by atoms with Crippen molar-refractivity contribution in [2.45, 2.75) is 6.42 Å². The van der Waals surface area contributed by atoms with Gasteiger partial charge < -0.3 is 0 Å². The number of hydrogen-bond donors (Lipinski definition) is 1. The third-order valence-corrected chi connectivity index (χ3v) is 4.31. The molecule has 0 aliphatic heterocycles. The van der Waals surface area contributed by atoms with Gasteiger partial charge in [-0.25, -0.2) is 0 Å². The number of pyridine rings is 1. The van der Waals surface area contributed by atoms with Crippen LogP contribution < -0.4 is 10.1 Å². The van der Waals surface area contributed by atoms with Gasteiger partial charge in [0, 0.05) is 0 Å². The van der Waals surface area contributed by atoms with Crippen LogP contribution in [0.2, 0.25) is 0 Å². The molecule has 3 nitrogen and oxygen atoms in total. The Labute approximate surface area is 95.2 Å². The van der Waals surface area contributed by atoms with Crippen molar-refractivity contribution in [1.29, 1.82) is 0 Å². The monoisotopic (exact) mass is 270 g/mol. The van der Waals surface area contributed by atoms with Gasteiger partial charge in [-0.2, -0.15) is 0 Å². The first-order chi connectivity index (χ1) is 7.35. The number of aromatic nitrogens is 1. The van der Waals surface area contributed by atoms with Crippen LogP contribution in [0.5, 0.6) is 5.88 Å². The summed E-state index contributed by atoms with van der Waals surface area (Å²) in [5.74, 6) is 0.721. The minimum absolute atomic E-state index is 0.382. The molecule has 2 rings (SSSR count). The normalized spacial score (nSPS) is 10.8. The quantitative estimate of drug-likeness (QED) is 0.843. The summed E-state index contributed by atoms with van der Waals surface area (Å²) in [5, 5.41) is 4.48. The van der Waals surface area contributed by atoms with Crippen LogP contribution in [0.4, 0.5) is 0 Å². The van der Waals surface area contributed by atoms with Crippen molar-refractivity contribution in [2.24, 2.45) is 0 Å². The van der Waals surface area contributed by atoms with E-state index < -0.39 is 0 Å². The molecule has 0 atom stereocenters. The molecule has 0 aromatic carbocycles. The molecule has 15 heavy (non-hydrogen) atoms. The van der Waals surface area contributed by atoms with Crippen LogP contribution >= 0.6 is 0 Å². The number of nitrogens with zero attached hydrogens (tertiary/aromatic N) is 1. The molecule has 2 aromatic heterocycles. The molecule has 0 spiro atoms. The molecule has 1 N–H and O–H groups in total. The van der Waals surface area contributed by atoms with Gasteiger partial charge in [0.25, 0.3) is 0 Å². The average molecular weight is 269 g/mol. The molecule has 80 valence electrons. The fraction of sp³-hybridized carbons (Fsp3) is 0.364. The van der Waals surface area contributed by atoms with E-state index in [2.05, 4.69) is 21.3 Å². The van der Waals surface area contributed by atoms with Crippen LogP contribution in [-0.2, 0) is 6.42 Å². The van der Waals surface area contributed by atoms with Gasteiger partial charge in [0.1, 0.15) is 0 Å². The predicted molar refractivity (Wildman–Crippen MR) is 62.9 cm³/mol. The Hall–Kier alpha value is -0.831. The van der Waals surface area contributed by atoms with Gasteiger partial charge in [-0.1, -0.05) is 0 Å². The number of ether oxygens (including phenoxy) is 1. The van der Waals surface area contributed by atoms with Crippen molar-refractivity contribution >= 4 is 24.3 Å². The summed E-state index contributed by atoms with van der Waals surface area (Å²) in [4.78, 5) is 6.78. The second-order valence-electron chi connectivity index (χ2n) is 3.32. The van der Waals surface area contributed by atoms with Crippen molar-refractivity contribution in [3.63, 3.8) is 0 Å². The van der Waals surface area contributed by atoms with Gasteiger partial charge >= 0.3 is 95.0 Å². The van der Waals surface area contributed by atoms with Crippen LogP contribution in [0, 0.1) is 0 Å². The number of fused-ring (bicyclic) bond motifs is 1. The van der Waals surface area contributed by atoms with E-state index in [0.29, 0.717) is 14.5 Å². The van der Waals surface area contributed by atoms with Crippen molar-refractivity contribution in [3.05, 3.63) is 22.6 Å². The van der Waals surface area contributed by atoms with Crippen molar-refractivity contribution in [1.82, 2.24) is 10.3 Å². The van der Waals surface area contributed by atoms with Crippen LogP contribution in [0.15, 0.2) is 17.1 Å². The molecule has 2 heterocycles. The molecule has 0 aliphatic carbocycles. The van der Waals surface area contributed by atoms with E-state index in [1.165, 1.54) is 15.3 Å². The van der Waals surface area contributed by atoms with Gasteiger partial charge in [-0.3, -0.25) is 0 Å². The Kier molecular flexibility index (Phi) is 3.41. The summed E-state index contributed by atoms with van der Waals surface area (Å²) in [6.07, 6.45) is 1.08. The molecule has 2 aromatic rings. The van der Waals surface area contributed by atoms with Crippen LogP contribution in [-0.4, -0.2) is 40.2 Å². The molecular weight excluding hydrogens is 255 g/mol. The number of methoxy groups -OCH3 is 1. The van der Waals surface area contributed by atoms with E-state index in [9.17, 15) is 0 Å². The topological polar surface area (TPSA) is 34.2 Å². The summed E-state index contributed by atoms with van der Waals surface area (Å²) >= 11 is 0.382. The second-order valence-corrected chi connectivity index (χ2v) is 5.12. The zero-order chi connectivity index (χ0) is 10.7. The maximum atomic E-state index is 5.12. The first-order valence-electron chi connectivity index (χ1n) is 4.91. The van der Waals surface area contributed by atoms with Gasteiger partial charge in [-0.05, 0) is 0 Å². The molecule has 0 bridgehead atoms. The molecule has 4 heteroatoms. The number of nitrogens with one attached hydrogen (secondary N) is 1. The van der Waals surface area contributed by atoms with E-state index in [0.717, 1.165) is 18.8 Å². The molecule has 0 fully saturated rings. The van der Waals surface area contributed by atoms with Crippen LogP contribution in [0.25, 0.3) is 9.78 Å². The molecular formula is C11H14N2OSe. The van der Waals surface area contributed by atoms with E-state index in [1.807, 2.05) is 13.1 Å². The van der Waals surface area contributed by atoms with Gasteiger partial charge in [0.05, 0.1) is 0 Å².